The highest BCUT2D eigenvalue weighted by Crippen LogP contribution is 2.18. The smallest absolute Gasteiger partial charge is 0.240 e. The predicted octanol–water partition coefficient (Wildman–Crippen LogP) is 2.66. The van der Waals surface area contributed by atoms with Crippen LogP contribution >= 0.6 is 0 Å². The first-order valence-corrected chi connectivity index (χ1v) is 9.02. The van der Waals surface area contributed by atoms with E-state index in [1.54, 1.807) is 24.3 Å². The van der Waals surface area contributed by atoms with Gasteiger partial charge in [-0.1, -0.05) is 18.2 Å². The Morgan fingerprint density at radius 2 is 1.52 bits per heavy atom. The minimum Gasteiger partial charge on any atom is -0.356 e. The van der Waals surface area contributed by atoms with Crippen LogP contribution in [0.2, 0.25) is 0 Å². The minimum atomic E-state index is -3.44. The Hall–Kier alpha value is -1.89. The molecule has 124 valence electrons. The van der Waals surface area contributed by atoms with Crippen LogP contribution < -0.4 is 10.0 Å². The molecule has 23 heavy (non-hydrogen) atoms. The molecule has 0 radical (unpaired) electrons. The summed E-state index contributed by atoms with van der Waals surface area (Å²) in [6, 6.07) is 16.5. The molecule has 0 saturated carbocycles. The van der Waals surface area contributed by atoms with Crippen LogP contribution in [0.15, 0.2) is 59.5 Å². The van der Waals surface area contributed by atoms with Gasteiger partial charge < -0.3 is 10.2 Å². The fourth-order valence-corrected chi connectivity index (χ4v) is 3.16. The third-order valence-electron chi connectivity index (χ3n) is 3.30. The molecular formula is C17H23N3O2S. The molecule has 5 nitrogen and oxygen atoms in total. The van der Waals surface area contributed by atoms with Crippen LogP contribution in [0.4, 0.5) is 11.4 Å². The van der Waals surface area contributed by atoms with Gasteiger partial charge in [-0.15, -0.1) is 0 Å². The molecule has 0 spiro atoms. The Bertz CT molecular complexity index is 698. The molecule has 0 unspecified atom stereocenters. The Labute approximate surface area is 138 Å². The summed E-state index contributed by atoms with van der Waals surface area (Å²) in [6.07, 6.45) is 0.778. The molecule has 0 fully saturated rings. The van der Waals surface area contributed by atoms with E-state index in [-0.39, 0.29) is 4.90 Å². The van der Waals surface area contributed by atoms with Crippen LogP contribution in [-0.2, 0) is 10.0 Å². The van der Waals surface area contributed by atoms with E-state index in [1.807, 2.05) is 49.3 Å². The maximum atomic E-state index is 12.2. The average Bonchev–Trinajstić information content (AvgIpc) is 2.53. The summed E-state index contributed by atoms with van der Waals surface area (Å²) >= 11 is 0. The molecule has 2 rings (SSSR count). The van der Waals surface area contributed by atoms with Crippen molar-refractivity contribution in [1.82, 2.24) is 9.62 Å². The van der Waals surface area contributed by atoms with Gasteiger partial charge in [0, 0.05) is 17.9 Å². The average molecular weight is 333 g/mol. The molecule has 0 aliphatic rings. The van der Waals surface area contributed by atoms with E-state index in [1.165, 1.54) is 0 Å². The Kier molecular flexibility index (Phi) is 6.15. The molecule has 0 heterocycles. The van der Waals surface area contributed by atoms with Crippen LogP contribution in [0.25, 0.3) is 0 Å². The van der Waals surface area contributed by atoms with Crippen molar-refractivity contribution in [3.63, 3.8) is 0 Å². The Morgan fingerprint density at radius 3 is 2.13 bits per heavy atom. The molecular weight excluding hydrogens is 310 g/mol. The number of nitrogens with zero attached hydrogens (tertiary/aromatic N) is 1. The van der Waals surface area contributed by atoms with Crippen molar-refractivity contribution in [2.24, 2.45) is 0 Å². The number of anilines is 2. The van der Waals surface area contributed by atoms with E-state index in [4.69, 9.17) is 0 Å². The van der Waals surface area contributed by atoms with E-state index in [0.29, 0.717) is 6.54 Å². The van der Waals surface area contributed by atoms with E-state index in [2.05, 4.69) is 10.0 Å². The lowest BCUT2D eigenvalue weighted by Crippen LogP contribution is -2.27. The van der Waals surface area contributed by atoms with Crippen LogP contribution in [-0.4, -0.2) is 40.5 Å². The minimum absolute atomic E-state index is 0.279. The first-order chi connectivity index (χ1) is 11.0. The highest BCUT2D eigenvalue weighted by Gasteiger charge is 2.12. The van der Waals surface area contributed by atoms with Crippen molar-refractivity contribution in [2.75, 3.05) is 32.5 Å². The second-order valence-electron chi connectivity index (χ2n) is 5.57. The molecule has 0 aliphatic heterocycles. The van der Waals surface area contributed by atoms with Crippen molar-refractivity contribution in [3.05, 3.63) is 54.6 Å². The third-order valence-corrected chi connectivity index (χ3v) is 4.78. The number of benzene rings is 2. The maximum absolute atomic E-state index is 12.2. The summed E-state index contributed by atoms with van der Waals surface area (Å²) in [7, 11) is 0.486. The summed E-state index contributed by atoms with van der Waals surface area (Å²) in [5.41, 5.74) is 1.81. The lowest BCUT2D eigenvalue weighted by atomic mass is 10.3. The summed E-state index contributed by atoms with van der Waals surface area (Å²) in [6.45, 7) is 1.28. The summed E-state index contributed by atoms with van der Waals surface area (Å²) in [5.74, 6) is 0. The quantitative estimate of drug-likeness (QED) is 0.729. The molecule has 0 bridgehead atoms. The van der Waals surface area contributed by atoms with E-state index < -0.39 is 10.0 Å². The zero-order chi connectivity index (χ0) is 16.7. The molecule has 0 atom stereocenters. The molecule has 0 aliphatic carbocycles. The number of sulfonamides is 1. The van der Waals surface area contributed by atoms with E-state index >= 15 is 0 Å². The summed E-state index contributed by atoms with van der Waals surface area (Å²) in [4.78, 5) is 2.30. The zero-order valence-electron chi connectivity index (χ0n) is 13.5. The number of rotatable bonds is 8. The van der Waals surface area contributed by atoms with Gasteiger partial charge in [-0.2, -0.15) is 0 Å². The van der Waals surface area contributed by atoms with Crippen LogP contribution in [0.1, 0.15) is 6.42 Å². The van der Waals surface area contributed by atoms with E-state index in [0.717, 1.165) is 24.3 Å². The van der Waals surface area contributed by atoms with Crippen LogP contribution in [0, 0.1) is 0 Å². The van der Waals surface area contributed by atoms with Crippen LogP contribution in [0.5, 0.6) is 0 Å². The monoisotopic (exact) mass is 333 g/mol. The van der Waals surface area contributed by atoms with Gasteiger partial charge in [-0.05, 0) is 63.5 Å². The number of nitrogens with one attached hydrogen (secondary N) is 2. The van der Waals surface area contributed by atoms with Gasteiger partial charge in [-0.25, -0.2) is 13.1 Å². The first kappa shape index (κ1) is 17.5. The summed E-state index contributed by atoms with van der Waals surface area (Å²) in [5, 5.41) is 3.23. The second-order valence-corrected chi connectivity index (χ2v) is 7.34. The van der Waals surface area contributed by atoms with Crippen molar-refractivity contribution in [3.8, 4) is 0 Å². The van der Waals surface area contributed by atoms with Gasteiger partial charge >= 0.3 is 0 Å². The van der Waals surface area contributed by atoms with E-state index in [9.17, 15) is 8.42 Å². The van der Waals surface area contributed by atoms with Crippen molar-refractivity contribution in [2.45, 2.75) is 11.3 Å². The van der Waals surface area contributed by atoms with Gasteiger partial charge in [0.25, 0.3) is 0 Å². The highest BCUT2D eigenvalue weighted by atomic mass is 32.2. The predicted molar refractivity (Wildman–Crippen MR) is 94.5 cm³/mol. The van der Waals surface area contributed by atoms with Gasteiger partial charge in [0.1, 0.15) is 0 Å². The maximum Gasteiger partial charge on any atom is 0.240 e. The highest BCUT2D eigenvalue weighted by molar-refractivity contribution is 7.89. The molecule has 6 heteroatoms. The Balaban J connectivity index is 1.95. The van der Waals surface area contributed by atoms with Gasteiger partial charge in [-0.3, -0.25) is 0 Å². The molecule has 0 saturated heterocycles. The van der Waals surface area contributed by atoms with Crippen molar-refractivity contribution < 1.29 is 8.42 Å². The SMILES string of the molecule is CN(C)CCCNS(=O)(=O)c1ccc(Nc2ccccc2)cc1. The molecule has 0 amide bonds. The lowest BCUT2D eigenvalue weighted by Gasteiger charge is -2.11. The molecule has 2 N–H and O–H groups in total. The Morgan fingerprint density at radius 1 is 0.913 bits per heavy atom. The third kappa shape index (κ3) is 5.67. The normalized spacial score (nSPS) is 11.6. The van der Waals surface area contributed by atoms with Crippen molar-refractivity contribution >= 4 is 21.4 Å². The number of hydrogen-bond acceptors (Lipinski definition) is 4. The fraction of sp³-hybridized carbons (Fsp3) is 0.294. The topological polar surface area (TPSA) is 61.4 Å². The van der Waals surface area contributed by atoms with Gasteiger partial charge in [0.05, 0.1) is 4.90 Å². The lowest BCUT2D eigenvalue weighted by molar-refractivity contribution is 0.400. The van der Waals surface area contributed by atoms with Gasteiger partial charge in [0.15, 0.2) is 0 Å². The van der Waals surface area contributed by atoms with Crippen molar-refractivity contribution in [1.29, 1.82) is 0 Å². The van der Waals surface area contributed by atoms with Gasteiger partial charge in [0.2, 0.25) is 10.0 Å². The number of hydrogen-bond donors (Lipinski definition) is 2. The van der Waals surface area contributed by atoms with Crippen LogP contribution in [0.3, 0.4) is 0 Å². The number of para-hydroxylation sites is 1. The first-order valence-electron chi connectivity index (χ1n) is 7.54. The molecule has 2 aromatic rings. The standard InChI is InChI=1S/C17H23N3O2S/c1-20(2)14-6-13-18-23(21,22)17-11-9-16(10-12-17)19-15-7-4-3-5-8-15/h3-5,7-12,18-19H,6,13-14H2,1-2H3. The fourth-order valence-electron chi connectivity index (χ4n) is 2.09. The zero-order valence-corrected chi connectivity index (χ0v) is 14.3. The summed E-state index contributed by atoms with van der Waals surface area (Å²) < 4.78 is 27.0. The largest absolute Gasteiger partial charge is 0.356 e. The second kappa shape index (κ2) is 8.10. The molecule has 0 aromatic heterocycles. The molecule has 2 aromatic carbocycles.